The maximum atomic E-state index is 13.2. The zero-order valence-corrected chi connectivity index (χ0v) is 20.3. The quantitative estimate of drug-likeness (QED) is 0.599. The summed E-state index contributed by atoms with van der Waals surface area (Å²) in [5.74, 6) is 0.354. The molecule has 33 heavy (non-hydrogen) atoms. The second-order valence-corrected chi connectivity index (χ2v) is 10.2. The van der Waals surface area contributed by atoms with Crippen LogP contribution in [0.3, 0.4) is 0 Å². The van der Waals surface area contributed by atoms with Crippen LogP contribution in [0.5, 0.6) is 0 Å². The molecule has 2 saturated heterocycles. The van der Waals surface area contributed by atoms with Crippen molar-refractivity contribution in [3.05, 3.63) is 70.5 Å². The second kappa shape index (κ2) is 10.5. The van der Waals surface area contributed by atoms with Gasteiger partial charge in [0, 0.05) is 17.6 Å². The van der Waals surface area contributed by atoms with Gasteiger partial charge < -0.3 is 10.1 Å². The van der Waals surface area contributed by atoms with Crippen LogP contribution in [0.1, 0.15) is 56.6 Å². The predicted octanol–water partition coefficient (Wildman–Crippen LogP) is 5.55. The number of carbonyl (C=O) groups is 1. The van der Waals surface area contributed by atoms with Gasteiger partial charge in [0.15, 0.2) is 0 Å². The minimum absolute atomic E-state index is 0.0362. The summed E-state index contributed by atoms with van der Waals surface area (Å²) in [4.78, 5) is 15.7. The number of carbonyl (C=O) groups excluding carboxylic acids is 1. The van der Waals surface area contributed by atoms with Crippen molar-refractivity contribution in [2.45, 2.75) is 63.6 Å². The lowest BCUT2D eigenvalue weighted by Crippen LogP contribution is -2.58. The van der Waals surface area contributed by atoms with Crippen molar-refractivity contribution >= 4 is 17.5 Å². The molecule has 2 aliphatic rings. The highest BCUT2D eigenvalue weighted by atomic mass is 35.5. The van der Waals surface area contributed by atoms with Crippen LogP contribution in [-0.2, 0) is 16.1 Å². The van der Waals surface area contributed by atoms with Crippen LogP contribution in [-0.4, -0.2) is 42.1 Å². The molecule has 1 amide bonds. The number of rotatable bonds is 6. The third kappa shape index (κ3) is 5.59. The molecule has 2 fully saturated rings. The topological polar surface area (TPSA) is 41.6 Å². The van der Waals surface area contributed by atoms with E-state index in [4.69, 9.17) is 16.3 Å². The Balaban J connectivity index is 1.31. The van der Waals surface area contributed by atoms with Crippen molar-refractivity contribution in [3.8, 4) is 0 Å². The first-order valence-electron chi connectivity index (χ1n) is 12.0. The molecule has 2 heterocycles. The lowest BCUT2D eigenvalue weighted by atomic mass is 9.80. The molecule has 0 bridgehead atoms. The van der Waals surface area contributed by atoms with Gasteiger partial charge in [0.05, 0.1) is 6.61 Å². The van der Waals surface area contributed by atoms with Gasteiger partial charge in [0.2, 0.25) is 0 Å². The molecule has 4 rings (SSSR count). The minimum Gasteiger partial charge on any atom is -0.363 e. The van der Waals surface area contributed by atoms with Gasteiger partial charge in [-0.2, -0.15) is 0 Å². The van der Waals surface area contributed by atoms with E-state index >= 15 is 0 Å². The Bertz CT molecular complexity index is 933. The number of hydrogen-bond donors (Lipinski definition) is 1. The van der Waals surface area contributed by atoms with E-state index < -0.39 is 5.60 Å². The Morgan fingerprint density at radius 1 is 1.18 bits per heavy atom. The monoisotopic (exact) mass is 472 g/mol. The van der Waals surface area contributed by atoms with E-state index in [0.717, 1.165) is 37.9 Å². The van der Waals surface area contributed by atoms with E-state index in [9.17, 15) is 9.18 Å². The summed E-state index contributed by atoms with van der Waals surface area (Å²) in [5, 5.41) is 3.74. The largest absolute Gasteiger partial charge is 0.363 e. The number of amides is 1. The number of nitrogens with one attached hydrogen (secondary N) is 1. The average Bonchev–Trinajstić information content (AvgIpc) is 2.83. The molecule has 0 unspecified atom stereocenters. The van der Waals surface area contributed by atoms with E-state index in [1.54, 1.807) is 12.1 Å². The number of halogens is 2. The van der Waals surface area contributed by atoms with Crippen LogP contribution in [0.15, 0.2) is 48.5 Å². The lowest BCUT2D eigenvalue weighted by molar-refractivity contribution is -0.170. The van der Waals surface area contributed by atoms with Gasteiger partial charge in [-0.15, -0.1) is 0 Å². The summed E-state index contributed by atoms with van der Waals surface area (Å²) < 4.78 is 19.6. The van der Waals surface area contributed by atoms with E-state index in [1.165, 1.54) is 5.56 Å². The summed E-state index contributed by atoms with van der Waals surface area (Å²) in [6.45, 7) is 7.15. The van der Waals surface area contributed by atoms with Gasteiger partial charge in [-0.05, 0) is 86.0 Å². The van der Waals surface area contributed by atoms with Gasteiger partial charge >= 0.3 is 0 Å². The fourth-order valence-electron chi connectivity index (χ4n) is 5.28. The summed E-state index contributed by atoms with van der Waals surface area (Å²) >= 11 is 6.07. The Morgan fingerprint density at radius 2 is 1.91 bits per heavy atom. The zero-order chi connectivity index (χ0) is 23.4. The number of piperidine rings is 1. The molecule has 1 N–H and O–H groups in total. The zero-order valence-electron chi connectivity index (χ0n) is 19.5. The van der Waals surface area contributed by atoms with Crippen molar-refractivity contribution in [3.63, 3.8) is 0 Å². The fourth-order valence-corrected chi connectivity index (χ4v) is 5.49. The van der Waals surface area contributed by atoms with Gasteiger partial charge in [-0.25, -0.2) is 4.39 Å². The highest BCUT2D eigenvalue weighted by Gasteiger charge is 2.46. The molecule has 0 aliphatic carbocycles. The Labute approximate surface area is 201 Å². The average molecular weight is 473 g/mol. The SMILES string of the molecule is CC(C)[C@]1(C(=O)NCc2cccc(Cl)c2)CC[C@@H](N2CCC(c3ccc(F)cc3)CC2)CO1. The van der Waals surface area contributed by atoms with Crippen molar-refractivity contribution in [1.82, 2.24) is 10.2 Å². The van der Waals surface area contributed by atoms with Crippen LogP contribution in [0, 0.1) is 11.7 Å². The van der Waals surface area contributed by atoms with Crippen molar-refractivity contribution < 1.29 is 13.9 Å². The molecule has 2 atom stereocenters. The van der Waals surface area contributed by atoms with Gasteiger partial charge in [-0.1, -0.05) is 49.7 Å². The summed E-state index contributed by atoms with van der Waals surface area (Å²) in [6, 6.07) is 14.8. The second-order valence-electron chi connectivity index (χ2n) is 9.72. The number of ether oxygens (including phenoxy) is 1. The fraction of sp³-hybridized carbons (Fsp3) is 0.519. The summed E-state index contributed by atoms with van der Waals surface area (Å²) in [7, 11) is 0. The number of likely N-dealkylation sites (tertiary alicyclic amines) is 1. The Hall–Kier alpha value is -1.95. The van der Waals surface area contributed by atoms with Crippen LogP contribution in [0.2, 0.25) is 5.02 Å². The molecular formula is C27H34ClFN2O2. The molecule has 0 radical (unpaired) electrons. The van der Waals surface area contributed by atoms with E-state index in [1.807, 2.05) is 36.4 Å². The van der Waals surface area contributed by atoms with Crippen molar-refractivity contribution in [1.29, 1.82) is 0 Å². The molecule has 0 aromatic heterocycles. The van der Waals surface area contributed by atoms with Gasteiger partial charge in [0.1, 0.15) is 11.4 Å². The maximum absolute atomic E-state index is 13.2. The van der Waals surface area contributed by atoms with Crippen molar-refractivity contribution in [2.75, 3.05) is 19.7 Å². The third-order valence-corrected chi connectivity index (χ3v) is 7.66. The minimum atomic E-state index is -0.790. The molecule has 4 nitrogen and oxygen atoms in total. The molecule has 2 aromatic carbocycles. The predicted molar refractivity (Wildman–Crippen MR) is 130 cm³/mol. The van der Waals surface area contributed by atoms with Crippen LogP contribution < -0.4 is 5.32 Å². The highest BCUT2D eigenvalue weighted by molar-refractivity contribution is 6.30. The summed E-state index contributed by atoms with van der Waals surface area (Å²) in [5.41, 5.74) is 1.42. The first-order valence-corrected chi connectivity index (χ1v) is 12.4. The number of benzene rings is 2. The number of nitrogens with zero attached hydrogens (tertiary/aromatic N) is 1. The van der Waals surface area contributed by atoms with E-state index in [0.29, 0.717) is 36.6 Å². The van der Waals surface area contributed by atoms with Crippen LogP contribution in [0.4, 0.5) is 4.39 Å². The van der Waals surface area contributed by atoms with E-state index in [-0.39, 0.29) is 17.6 Å². The maximum Gasteiger partial charge on any atom is 0.252 e. The third-order valence-electron chi connectivity index (χ3n) is 7.43. The molecule has 2 aromatic rings. The molecular weight excluding hydrogens is 439 g/mol. The van der Waals surface area contributed by atoms with Gasteiger partial charge in [-0.3, -0.25) is 9.69 Å². The molecule has 6 heteroatoms. The molecule has 0 saturated carbocycles. The lowest BCUT2D eigenvalue weighted by Gasteiger charge is -2.46. The standard InChI is InChI=1S/C27H34ClFN2O2/c1-19(2)27(26(32)30-17-20-4-3-5-23(28)16-20)13-10-25(18-33-27)31-14-11-22(12-15-31)21-6-8-24(29)9-7-21/h3-9,16,19,22,25H,10-15,17-18H2,1-2H3,(H,30,32)/t25-,27+/m1/s1. The molecule has 2 aliphatic heterocycles. The molecule has 0 spiro atoms. The number of hydrogen-bond acceptors (Lipinski definition) is 3. The first kappa shape index (κ1) is 24.2. The van der Waals surface area contributed by atoms with Crippen molar-refractivity contribution in [2.24, 2.45) is 5.92 Å². The Morgan fingerprint density at radius 3 is 2.52 bits per heavy atom. The van der Waals surface area contributed by atoms with Gasteiger partial charge in [0.25, 0.3) is 5.91 Å². The van der Waals surface area contributed by atoms with E-state index in [2.05, 4.69) is 24.1 Å². The smallest absolute Gasteiger partial charge is 0.252 e. The Kier molecular flexibility index (Phi) is 7.72. The summed E-state index contributed by atoms with van der Waals surface area (Å²) in [6.07, 6.45) is 3.80. The van der Waals surface area contributed by atoms with Crippen LogP contribution in [0.25, 0.3) is 0 Å². The first-order chi connectivity index (χ1) is 15.9. The molecule has 178 valence electrons. The highest BCUT2D eigenvalue weighted by Crippen LogP contribution is 2.36. The van der Waals surface area contributed by atoms with Crippen LogP contribution >= 0.6 is 11.6 Å². The normalized spacial score (nSPS) is 24.7.